The highest BCUT2D eigenvalue weighted by Crippen LogP contribution is 2.26. The summed E-state index contributed by atoms with van der Waals surface area (Å²) in [4.78, 5) is 16.3. The number of carbonyl (C=O) groups is 1. The molecule has 0 aliphatic carbocycles. The Kier molecular flexibility index (Phi) is 4.27. The van der Waals surface area contributed by atoms with Crippen LogP contribution in [-0.4, -0.2) is 58.3 Å². The van der Waals surface area contributed by atoms with E-state index in [0.717, 1.165) is 31.9 Å². The number of likely N-dealkylation sites (N-methyl/N-ethyl adjacent to an activating group) is 1. The van der Waals surface area contributed by atoms with Gasteiger partial charge in [-0.1, -0.05) is 0 Å². The first-order chi connectivity index (χ1) is 9.15. The van der Waals surface area contributed by atoms with Gasteiger partial charge in [-0.05, 0) is 25.2 Å². The van der Waals surface area contributed by atoms with Crippen LogP contribution in [0.1, 0.15) is 10.4 Å². The minimum Gasteiger partial charge on any atom is -0.496 e. The Morgan fingerprint density at radius 2 is 1.84 bits per heavy atom. The van der Waals surface area contributed by atoms with Crippen molar-refractivity contribution in [2.24, 2.45) is 0 Å². The SMILES string of the molecule is COC(=O)c1cc(N2CCN(C)CC2)ccc1OC. The van der Waals surface area contributed by atoms with Gasteiger partial charge in [0.15, 0.2) is 0 Å². The number of hydrogen-bond acceptors (Lipinski definition) is 5. The molecule has 0 radical (unpaired) electrons. The van der Waals surface area contributed by atoms with Crippen molar-refractivity contribution in [2.45, 2.75) is 0 Å². The van der Waals surface area contributed by atoms with Gasteiger partial charge >= 0.3 is 5.97 Å². The normalized spacial score (nSPS) is 16.3. The number of methoxy groups -OCH3 is 2. The zero-order chi connectivity index (χ0) is 13.8. The number of nitrogens with zero attached hydrogens (tertiary/aromatic N) is 2. The van der Waals surface area contributed by atoms with Crippen LogP contribution in [0.4, 0.5) is 5.69 Å². The Labute approximate surface area is 113 Å². The molecule has 2 rings (SSSR count). The minimum atomic E-state index is -0.368. The molecular weight excluding hydrogens is 244 g/mol. The Morgan fingerprint density at radius 1 is 1.16 bits per heavy atom. The second-order valence-electron chi connectivity index (χ2n) is 4.67. The number of esters is 1. The van der Waals surface area contributed by atoms with Crippen molar-refractivity contribution in [3.63, 3.8) is 0 Å². The fourth-order valence-corrected chi connectivity index (χ4v) is 2.23. The third-order valence-corrected chi connectivity index (χ3v) is 3.46. The first kappa shape index (κ1) is 13.7. The third-order valence-electron chi connectivity index (χ3n) is 3.46. The van der Waals surface area contributed by atoms with E-state index in [1.165, 1.54) is 7.11 Å². The van der Waals surface area contributed by atoms with Crippen LogP contribution in [0.3, 0.4) is 0 Å². The smallest absolute Gasteiger partial charge is 0.341 e. The van der Waals surface area contributed by atoms with Gasteiger partial charge in [0, 0.05) is 31.9 Å². The van der Waals surface area contributed by atoms with Gasteiger partial charge in [-0.25, -0.2) is 4.79 Å². The van der Waals surface area contributed by atoms with Crippen LogP contribution in [0.2, 0.25) is 0 Å². The highest BCUT2D eigenvalue weighted by atomic mass is 16.5. The summed E-state index contributed by atoms with van der Waals surface area (Å²) in [6, 6.07) is 5.65. The van der Waals surface area contributed by atoms with E-state index in [0.29, 0.717) is 11.3 Å². The third kappa shape index (κ3) is 2.98. The Bertz CT molecular complexity index is 454. The number of piperazine rings is 1. The van der Waals surface area contributed by atoms with Gasteiger partial charge in [0.25, 0.3) is 0 Å². The molecule has 1 aliphatic heterocycles. The van der Waals surface area contributed by atoms with Gasteiger partial charge < -0.3 is 19.3 Å². The van der Waals surface area contributed by atoms with E-state index in [1.54, 1.807) is 7.11 Å². The van der Waals surface area contributed by atoms with Crippen molar-refractivity contribution in [2.75, 3.05) is 52.3 Å². The number of benzene rings is 1. The van der Waals surface area contributed by atoms with Gasteiger partial charge in [0.1, 0.15) is 11.3 Å². The predicted molar refractivity (Wildman–Crippen MR) is 74.0 cm³/mol. The topological polar surface area (TPSA) is 42.0 Å². The van der Waals surface area contributed by atoms with E-state index in [4.69, 9.17) is 9.47 Å². The second-order valence-corrected chi connectivity index (χ2v) is 4.67. The monoisotopic (exact) mass is 264 g/mol. The van der Waals surface area contributed by atoms with Gasteiger partial charge in [-0.2, -0.15) is 0 Å². The van der Waals surface area contributed by atoms with Gasteiger partial charge in [-0.15, -0.1) is 0 Å². The Balaban J connectivity index is 2.25. The largest absolute Gasteiger partial charge is 0.496 e. The van der Waals surface area contributed by atoms with E-state index in [9.17, 15) is 4.79 Å². The highest BCUT2D eigenvalue weighted by molar-refractivity contribution is 5.93. The molecule has 19 heavy (non-hydrogen) atoms. The summed E-state index contributed by atoms with van der Waals surface area (Å²) in [6.07, 6.45) is 0. The summed E-state index contributed by atoms with van der Waals surface area (Å²) in [5, 5.41) is 0. The molecule has 5 nitrogen and oxygen atoms in total. The lowest BCUT2D eigenvalue weighted by atomic mass is 10.1. The lowest BCUT2D eigenvalue weighted by molar-refractivity contribution is 0.0597. The molecule has 0 amide bonds. The molecule has 0 saturated carbocycles. The molecule has 0 unspecified atom stereocenters. The first-order valence-electron chi connectivity index (χ1n) is 6.35. The van der Waals surface area contributed by atoms with E-state index in [2.05, 4.69) is 16.8 Å². The molecule has 1 aromatic rings. The number of rotatable bonds is 3. The summed E-state index contributed by atoms with van der Waals surface area (Å²) in [7, 11) is 5.05. The summed E-state index contributed by atoms with van der Waals surface area (Å²) in [6.45, 7) is 3.98. The molecule has 104 valence electrons. The zero-order valence-electron chi connectivity index (χ0n) is 11.7. The van der Waals surface area contributed by atoms with E-state index in [1.807, 2.05) is 18.2 Å². The fourth-order valence-electron chi connectivity index (χ4n) is 2.23. The number of ether oxygens (including phenoxy) is 2. The first-order valence-corrected chi connectivity index (χ1v) is 6.35. The maximum absolute atomic E-state index is 11.8. The van der Waals surface area contributed by atoms with Crippen LogP contribution in [0.25, 0.3) is 0 Å². The molecule has 1 heterocycles. The number of carbonyl (C=O) groups excluding carboxylic acids is 1. The molecule has 1 saturated heterocycles. The summed E-state index contributed by atoms with van der Waals surface area (Å²) < 4.78 is 9.99. The van der Waals surface area contributed by atoms with Crippen molar-refractivity contribution in [3.05, 3.63) is 23.8 Å². The Morgan fingerprint density at radius 3 is 2.42 bits per heavy atom. The van der Waals surface area contributed by atoms with Crippen LogP contribution in [0, 0.1) is 0 Å². The molecule has 0 bridgehead atoms. The van der Waals surface area contributed by atoms with Crippen molar-refractivity contribution in [1.29, 1.82) is 0 Å². The van der Waals surface area contributed by atoms with Crippen LogP contribution < -0.4 is 9.64 Å². The van der Waals surface area contributed by atoms with Crippen molar-refractivity contribution < 1.29 is 14.3 Å². The van der Waals surface area contributed by atoms with Gasteiger partial charge in [-0.3, -0.25) is 0 Å². The average Bonchev–Trinajstić information content (AvgIpc) is 2.46. The lowest BCUT2D eigenvalue weighted by Gasteiger charge is -2.34. The molecule has 1 aromatic carbocycles. The second kappa shape index (κ2) is 5.93. The number of hydrogen-bond donors (Lipinski definition) is 0. The molecule has 0 spiro atoms. The predicted octanol–water partition coefficient (Wildman–Crippen LogP) is 1.23. The van der Waals surface area contributed by atoms with Gasteiger partial charge in [0.05, 0.1) is 14.2 Å². The standard InChI is InChI=1S/C14H20N2O3/c1-15-6-8-16(9-7-15)11-4-5-13(18-2)12(10-11)14(17)19-3/h4-5,10H,6-9H2,1-3H3. The molecular formula is C14H20N2O3. The van der Waals surface area contributed by atoms with Crippen LogP contribution >= 0.6 is 0 Å². The molecule has 1 fully saturated rings. The highest BCUT2D eigenvalue weighted by Gasteiger charge is 2.18. The van der Waals surface area contributed by atoms with Crippen molar-refractivity contribution in [1.82, 2.24) is 4.90 Å². The molecule has 0 atom stereocenters. The molecule has 0 aromatic heterocycles. The van der Waals surface area contributed by atoms with E-state index < -0.39 is 0 Å². The van der Waals surface area contributed by atoms with Crippen molar-refractivity contribution in [3.8, 4) is 5.75 Å². The van der Waals surface area contributed by atoms with Crippen LogP contribution in [0.15, 0.2) is 18.2 Å². The summed E-state index contributed by atoms with van der Waals surface area (Å²) in [5.41, 5.74) is 1.51. The Hall–Kier alpha value is -1.75. The van der Waals surface area contributed by atoms with Crippen LogP contribution in [0.5, 0.6) is 5.75 Å². The molecule has 0 N–H and O–H groups in total. The summed E-state index contributed by atoms with van der Waals surface area (Å²) in [5.74, 6) is 0.178. The van der Waals surface area contributed by atoms with E-state index >= 15 is 0 Å². The minimum absolute atomic E-state index is 0.368. The molecule has 5 heteroatoms. The maximum atomic E-state index is 11.8. The maximum Gasteiger partial charge on any atom is 0.341 e. The van der Waals surface area contributed by atoms with E-state index in [-0.39, 0.29) is 5.97 Å². The number of anilines is 1. The van der Waals surface area contributed by atoms with Crippen LogP contribution in [-0.2, 0) is 4.74 Å². The lowest BCUT2D eigenvalue weighted by Crippen LogP contribution is -2.44. The van der Waals surface area contributed by atoms with Crippen molar-refractivity contribution >= 4 is 11.7 Å². The molecule has 1 aliphatic rings. The fraction of sp³-hybridized carbons (Fsp3) is 0.500. The zero-order valence-corrected chi connectivity index (χ0v) is 11.7. The average molecular weight is 264 g/mol. The quantitative estimate of drug-likeness (QED) is 0.768. The summed E-state index contributed by atoms with van der Waals surface area (Å²) >= 11 is 0. The van der Waals surface area contributed by atoms with Gasteiger partial charge in [0.2, 0.25) is 0 Å².